The van der Waals surface area contributed by atoms with Gasteiger partial charge in [-0.15, -0.1) is 0 Å². The van der Waals surface area contributed by atoms with Crippen molar-refractivity contribution in [2.24, 2.45) is 0 Å². The Hall–Kier alpha value is -1.10. The van der Waals surface area contributed by atoms with Gasteiger partial charge in [0.2, 0.25) is 5.91 Å². The quantitative estimate of drug-likeness (QED) is 0.473. The molecular formula is C5H9NO4. The molecule has 0 spiro atoms. The zero-order chi connectivity index (χ0) is 6.85. The highest BCUT2D eigenvalue weighted by Crippen LogP contribution is 2.05. The minimum atomic E-state index is -0.944. The molecule has 0 saturated carbocycles. The molecule has 1 amide bonds. The third-order valence-corrected chi connectivity index (χ3v) is 1.29. The van der Waals surface area contributed by atoms with Crippen LogP contribution in [0.3, 0.4) is 0 Å². The van der Waals surface area contributed by atoms with Crippen molar-refractivity contribution >= 4 is 11.9 Å². The van der Waals surface area contributed by atoms with Crippen molar-refractivity contribution in [1.29, 1.82) is 0 Å². The van der Waals surface area contributed by atoms with E-state index in [0.717, 1.165) is 0 Å². The lowest BCUT2D eigenvalue weighted by molar-refractivity contribution is -0.140. The first-order valence-electron chi connectivity index (χ1n) is 2.72. The summed E-state index contributed by atoms with van der Waals surface area (Å²) < 4.78 is 0. The first kappa shape index (κ1) is 8.90. The number of hydrogen-bond acceptors (Lipinski definition) is 2. The fourth-order valence-electron chi connectivity index (χ4n) is 0.799. The first-order chi connectivity index (χ1) is 4.20. The van der Waals surface area contributed by atoms with Crippen molar-refractivity contribution < 1.29 is 20.2 Å². The second-order valence-corrected chi connectivity index (χ2v) is 2.00. The monoisotopic (exact) mass is 147 g/mol. The Labute approximate surface area is 57.3 Å². The lowest BCUT2D eigenvalue weighted by Crippen LogP contribution is -2.32. The lowest BCUT2D eigenvalue weighted by atomic mass is 10.2. The molecule has 58 valence electrons. The van der Waals surface area contributed by atoms with Gasteiger partial charge in [0.1, 0.15) is 6.04 Å². The molecule has 4 N–H and O–H groups in total. The fourth-order valence-corrected chi connectivity index (χ4v) is 0.799. The smallest absolute Gasteiger partial charge is 0.326 e. The first-order valence-corrected chi connectivity index (χ1v) is 2.72. The van der Waals surface area contributed by atoms with E-state index in [2.05, 4.69) is 5.32 Å². The van der Waals surface area contributed by atoms with Crippen LogP contribution in [-0.4, -0.2) is 28.5 Å². The van der Waals surface area contributed by atoms with Crippen LogP contribution in [-0.2, 0) is 9.59 Å². The maximum absolute atomic E-state index is 10.4. The predicted octanol–water partition coefficient (Wildman–Crippen LogP) is -1.48. The Kier molecular flexibility index (Phi) is 2.82. The molecule has 1 atom stereocenters. The SMILES string of the molecule is O.O=C1CC[C@@H](C(=O)O)N1. The van der Waals surface area contributed by atoms with Crippen LogP contribution >= 0.6 is 0 Å². The Morgan fingerprint density at radius 1 is 1.70 bits per heavy atom. The maximum atomic E-state index is 10.4. The summed E-state index contributed by atoms with van der Waals surface area (Å²) in [6.45, 7) is 0. The van der Waals surface area contributed by atoms with Gasteiger partial charge in [-0.3, -0.25) is 4.79 Å². The predicted molar refractivity (Wildman–Crippen MR) is 32.4 cm³/mol. The molecule has 10 heavy (non-hydrogen) atoms. The van der Waals surface area contributed by atoms with Crippen LogP contribution in [0.25, 0.3) is 0 Å². The molecular weight excluding hydrogens is 138 g/mol. The molecule has 1 aliphatic rings. The molecule has 1 aliphatic heterocycles. The average Bonchev–Trinajstić information content (AvgIpc) is 2.14. The molecule has 0 aromatic rings. The van der Waals surface area contributed by atoms with Crippen LogP contribution in [0.1, 0.15) is 12.8 Å². The minimum absolute atomic E-state index is 0. The number of carboxylic acids is 1. The molecule has 5 nitrogen and oxygen atoms in total. The Bertz CT molecular complexity index is 156. The van der Waals surface area contributed by atoms with E-state index in [1.165, 1.54) is 0 Å². The Morgan fingerprint density at radius 2 is 2.30 bits per heavy atom. The van der Waals surface area contributed by atoms with Gasteiger partial charge in [0.05, 0.1) is 0 Å². The highest BCUT2D eigenvalue weighted by Gasteiger charge is 2.26. The van der Waals surface area contributed by atoms with Gasteiger partial charge in [0.25, 0.3) is 0 Å². The molecule has 0 aliphatic carbocycles. The van der Waals surface area contributed by atoms with Crippen molar-refractivity contribution in [2.45, 2.75) is 18.9 Å². The van der Waals surface area contributed by atoms with E-state index in [-0.39, 0.29) is 11.4 Å². The van der Waals surface area contributed by atoms with E-state index in [9.17, 15) is 9.59 Å². The average molecular weight is 147 g/mol. The van der Waals surface area contributed by atoms with Gasteiger partial charge in [-0.05, 0) is 6.42 Å². The summed E-state index contributed by atoms with van der Waals surface area (Å²) >= 11 is 0. The molecule has 0 bridgehead atoms. The van der Waals surface area contributed by atoms with E-state index >= 15 is 0 Å². The third kappa shape index (κ3) is 1.70. The number of carbonyl (C=O) groups is 2. The van der Waals surface area contributed by atoms with Crippen molar-refractivity contribution in [1.82, 2.24) is 5.32 Å². The minimum Gasteiger partial charge on any atom is -0.480 e. The number of amides is 1. The van der Waals surface area contributed by atoms with Gasteiger partial charge in [0, 0.05) is 6.42 Å². The van der Waals surface area contributed by atoms with Crippen LogP contribution in [0, 0.1) is 0 Å². The van der Waals surface area contributed by atoms with E-state index in [1.54, 1.807) is 0 Å². The lowest BCUT2D eigenvalue weighted by Gasteiger charge is -1.99. The second-order valence-electron chi connectivity index (χ2n) is 2.00. The normalized spacial score (nSPS) is 23.2. The number of aliphatic carboxylic acids is 1. The fraction of sp³-hybridized carbons (Fsp3) is 0.600. The van der Waals surface area contributed by atoms with Gasteiger partial charge in [-0.2, -0.15) is 0 Å². The number of carboxylic acid groups (broad SMARTS) is 1. The highest BCUT2D eigenvalue weighted by atomic mass is 16.4. The topological polar surface area (TPSA) is 97.9 Å². The summed E-state index contributed by atoms with van der Waals surface area (Å²) in [5.74, 6) is -1.11. The summed E-state index contributed by atoms with van der Waals surface area (Å²) in [5, 5.41) is 10.6. The molecule has 1 saturated heterocycles. The van der Waals surface area contributed by atoms with Crippen LogP contribution in [0.2, 0.25) is 0 Å². The van der Waals surface area contributed by atoms with E-state index in [1.807, 2.05) is 0 Å². The van der Waals surface area contributed by atoms with Gasteiger partial charge in [-0.1, -0.05) is 0 Å². The van der Waals surface area contributed by atoms with Crippen LogP contribution in [0.15, 0.2) is 0 Å². The Morgan fingerprint density at radius 3 is 2.50 bits per heavy atom. The van der Waals surface area contributed by atoms with Gasteiger partial charge in [0.15, 0.2) is 0 Å². The summed E-state index contributed by atoms with van der Waals surface area (Å²) in [7, 11) is 0. The maximum Gasteiger partial charge on any atom is 0.326 e. The van der Waals surface area contributed by atoms with Gasteiger partial charge in [-0.25, -0.2) is 4.79 Å². The van der Waals surface area contributed by atoms with Crippen molar-refractivity contribution in [3.05, 3.63) is 0 Å². The number of rotatable bonds is 1. The van der Waals surface area contributed by atoms with Gasteiger partial charge >= 0.3 is 5.97 Å². The van der Waals surface area contributed by atoms with Crippen LogP contribution in [0.4, 0.5) is 0 Å². The van der Waals surface area contributed by atoms with Crippen molar-refractivity contribution in [2.75, 3.05) is 0 Å². The molecule has 0 aromatic heterocycles. The Balaban J connectivity index is 0.000000810. The molecule has 0 unspecified atom stereocenters. The molecule has 0 radical (unpaired) electrons. The molecule has 1 heterocycles. The van der Waals surface area contributed by atoms with E-state index < -0.39 is 12.0 Å². The highest BCUT2D eigenvalue weighted by molar-refractivity contribution is 5.87. The van der Waals surface area contributed by atoms with E-state index in [4.69, 9.17) is 5.11 Å². The van der Waals surface area contributed by atoms with Crippen LogP contribution in [0.5, 0.6) is 0 Å². The van der Waals surface area contributed by atoms with Crippen molar-refractivity contribution in [3.63, 3.8) is 0 Å². The summed E-state index contributed by atoms with van der Waals surface area (Å²) in [4.78, 5) is 20.5. The number of carbonyl (C=O) groups excluding carboxylic acids is 1. The molecule has 1 rings (SSSR count). The summed E-state index contributed by atoms with van der Waals surface area (Å²) in [6.07, 6.45) is 0.769. The zero-order valence-electron chi connectivity index (χ0n) is 5.26. The van der Waals surface area contributed by atoms with Gasteiger partial charge < -0.3 is 15.9 Å². The summed E-state index contributed by atoms with van der Waals surface area (Å²) in [6, 6.07) is -0.641. The second kappa shape index (κ2) is 3.17. The molecule has 5 heteroatoms. The van der Waals surface area contributed by atoms with E-state index in [0.29, 0.717) is 12.8 Å². The third-order valence-electron chi connectivity index (χ3n) is 1.29. The van der Waals surface area contributed by atoms with Crippen LogP contribution < -0.4 is 5.32 Å². The zero-order valence-corrected chi connectivity index (χ0v) is 5.26. The summed E-state index contributed by atoms with van der Waals surface area (Å²) in [5.41, 5.74) is 0. The molecule has 1 fully saturated rings. The van der Waals surface area contributed by atoms with Crippen molar-refractivity contribution in [3.8, 4) is 0 Å². The number of hydrogen-bond donors (Lipinski definition) is 2. The largest absolute Gasteiger partial charge is 0.480 e. The molecule has 0 aromatic carbocycles. The number of nitrogens with one attached hydrogen (secondary N) is 1. The standard InChI is InChI=1S/C5H7NO3.H2O/c7-4-2-1-3(6-4)5(8)9;/h3H,1-2H2,(H,6,7)(H,8,9);1H2/t3-;/m0./s1.